The van der Waals surface area contributed by atoms with Crippen LogP contribution in [0.4, 0.5) is 5.69 Å². The number of halogens is 1. The zero-order valence-corrected chi connectivity index (χ0v) is 11.6. The minimum Gasteiger partial charge on any atom is -0.487 e. The van der Waals surface area contributed by atoms with Gasteiger partial charge in [0.25, 0.3) is 0 Å². The average molecular weight is 292 g/mol. The lowest BCUT2D eigenvalue weighted by Crippen LogP contribution is -2.02. The predicted octanol–water partition coefficient (Wildman–Crippen LogP) is 3.51. The number of ether oxygens (including phenoxy) is 1. The number of aryl methyl sites for hydroxylation is 1. The molecule has 0 spiro atoms. The Bertz CT molecular complexity index is 656. The van der Waals surface area contributed by atoms with Crippen LogP contribution in [0.5, 0.6) is 5.75 Å². The molecule has 0 unspecified atom stereocenters. The predicted molar refractivity (Wildman–Crippen MR) is 78.3 cm³/mol. The number of carboxylic acid groups (broad SMARTS) is 1. The maximum absolute atomic E-state index is 10.8. The van der Waals surface area contributed by atoms with E-state index in [4.69, 9.17) is 27.2 Å². The van der Waals surface area contributed by atoms with Crippen molar-refractivity contribution in [3.63, 3.8) is 0 Å². The normalized spacial score (nSPS) is 10.3. The summed E-state index contributed by atoms with van der Waals surface area (Å²) in [6.45, 7) is 2.23. The summed E-state index contributed by atoms with van der Waals surface area (Å²) in [7, 11) is 0. The van der Waals surface area contributed by atoms with Gasteiger partial charge < -0.3 is 15.6 Å². The average Bonchev–Trinajstić information content (AvgIpc) is 2.38. The van der Waals surface area contributed by atoms with Gasteiger partial charge in [0.1, 0.15) is 12.4 Å². The lowest BCUT2D eigenvalue weighted by atomic mass is 10.1. The first-order valence-corrected chi connectivity index (χ1v) is 6.36. The number of hydrogen-bond acceptors (Lipinski definition) is 3. The minimum atomic E-state index is -1.02. The standard InChI is InChI=1S/C15H14ClNO3/c1-9-2-3-11(12(16)6-9)8-20-14-5-4-10(15(18)19)7-13(14)17/h2-7H,8,17H2,1H3,(H,18,19). The van der Waals surface area contributed by atoms with Gasteiger partial charge in [-0.25, -0.2) is 4.79 Å². The minimum absolute atomic E-state index is 0.128. The summed E-state index contributed by atoms with van der Waals surface area (Å²) in [4.78, 5) is 10.8. The van der Waals surface area contributed by atoms with E-state index in [0.29, 0.717) is 10.8 Å². The number of benzene rings is 2. The fourth-order valence-corrected chi connectivity index (χ4v) is 2.03. The molecular formula is C15H14ClNO3. The van der Waals surface area contributed by atoms with Crippen LogP contribution in [0.25, 0.3) is 0 Å². The largest absolute Gasteiger partial charge is 0.487 e. The number of nitrogens with two attached hydrogens (primary N) is 1. The highest BCUT2D eigenvalue weighted by Gasteiger charge is 2.08. The molecule has 0 aliphatic heterocycles. The Balaban J connectivity index is 2.13. The quantitative estimate of drug-likeness (QED) is 0.846. The van der Waals surface area contributed by atoms with Gasteiger partial charge in [-0.2, -0.15) is 0 Å². The third-order valence-corrected chi connectivity index (χ3v) is 3.20. The van der Waals surface area contributed by atoms with Crippen molar-refractivity contribution in [3.05, 3.63) is 58.1 Å². The topological polar surface area (TPSA) is 72.5 Å². The van der Waals surface area contributed by atoms with E-state index in [1.54, 1.807) is 6.07 Å². The molecule has 0 aromatic heterocycles. The van der Waals surface area contributed by atoms with Crippen LogP contribution in [0.1, 0.15) is 21.5 Å². The number of carboxylic acids is 1. The Labute approximate surface area is 121 Å². The summed E-state index contributed by atoms with van der Waals surface area (Å²) in [6.07, 6.45) is 0. The molecule has 3 N–H and O–H groups in total. The molecule has 4 nitrogen and oxygen atoms in total. The van der Waals surface area contributed by atoms with Gasteiger partial charge in [0, 0.05) is 10.6 Å². The van der Waals surface area contributed by atoms with Crippen molar-refractivity contribution < 1.29 is 14.6 Å². The Hall–Kier alpha value is -2.20. The maximum atomic E-state index is 10.8. The Morgan fingerprint density at radius 2 is 2.05 bits per heavy atom. The molecule has 0 heterocycles. The van der Waals surface area contributed by atoms with Crippen molar-refractivity contribution in [3.8, 4) is 5.75 Å². The third kappa shape index (κ3) is 3.22. The molecular weight excluding hydrogens is 278 g/mol. The molecule has 0 saturated heterocycles. The molecule has 2 aromatic rings. The van der Waals surface area contributed by atoms with E-state index in [0.717, 1.165) is 11.1 Å². The summed E-state index contributed by atoms with van der Waals surface area (Å²) in [5.41, 5.74) is 8.10. The summed E-state index contributed by atoms with van der Waals surface area (Å²) in [5.74, 6) is -0.587. The summed E-state index contributed by atoms with van der Waals surface area (Å²) in [6, 6.07) is 10.1. The number of aromatic carboxylic acids is 1. The van der Waals surface area contributed by atoms with Crippen LogP contribution in [0.15, 0.2) is 36.4 Å². The van der Waals surface area contributed by atoms with E-state index in [-0.39, 0.29) is 17.9 Å². The molecule has 0 fully saturated rings. The Morgan fingerprint density at radius 3 is 2.65 bits per heavy atom. The van der Waals surface area contributed by atoms with E-state index in [1.807, 2.05) is 25.1 Å². The molecule has 0 bridgehead atoms. The second kappa shape index (κ2) is 5.84. The molecule has 0 aliphatic rings. The number of carbonyl (C=O) groups is 1. The zero-order valence-electron chi connectivity index (χ0n) is 10.9. The monoisotopic (exact) mass is 291 g/mol. The molecule has 0 saturated carbocycles. The molecule has 0 atom stereocenters. The fourth-order valence-electron chi connectivity index (χ4n) is 1.74. The molecule has 0 aliphatic carbocycles. The molecule has 5 heteroatoms. The van der Waals surface area contributed by atoms with Gasteiger partial charge in [-0.15, -0.1) is 0 Å². The highest BCUT2D eigenvalue weighted by Crippen LogP contribution is 2.25. The van der Waals surface area contributed by atoms with Crippen molar-refractivity contribution in [2.75, 3.05) is 5.73 Å². The summed E-state index contributed by atoms with van der Waals surface area (Å²) >= 11 is 6.11. The number of nitrogen functional groups attached to an aromatic ring is 1. The molecule has 0 radical (unpaired) electrons. The molecule has 2 aromatic carbocycles. The van der Waals surface area contributed by atoms with Crippen LogP contribution in [-0.2, 0) is 6.61 Å². The van der Waals surface area contributed by atoms with Gasteiger partial charge in [-0.05, 0) is 36.8 Å². The summed E-state index contributed by atoms with van der Waals surface area (Å²) in [5, 5.41) is 9.49. The van der Waals surface area contributed by atoms with Crippen molar-refractivity contribution in [1.29, 1.82) is 0 Å². The van der Waals surface area contributed by atoms with E-state index >= 15 is 0 Å². The SMILES string of the molecule is Cc1ccc(COc2ccc(C(=O)O)cc2N)c(Cl)c1. The second-order valence-electron chi connectivity index (χ2n) is 4.44. The van der Waals surface area contributed by atoms with Gasteiger partial charge in [-0.3, -0.25) is 0 Å². The van der Waals surface area contributed by atoms with Crippen molar-refractivity contribution in [2.24, 2.45) is 0 Å². The van der Waals surface area contributed by atoms with E-state index in [2.05, 4.69) is 0 Å². The maximum Gasteiger partial charge on any atom is 0.335 e. The number of rotatable bonds is 4. The van der Waals surface area contributed by atoms with E-state index in [1.165, 1.54) is 12.1 Å². The van der Waals surface area contributed by atoms with Crippen LogP contribution in [0.2, 0.25) is 5.02 Å². The van der Waals surface area contributed by atoms with Crippen LogP contribution < -0.4 is 10.5 Å². The second-order valence-corrected chi connectivity index (χ2v) is 4.85. The van der Waals surface area contributed by atoms with E-state index in [9.17, 15) is 4.79 Å². The van der Waals surface area contributed by atoms with Gasteiger partial charge >= 0.3 is 5.97 Å². The van der Waals surface area contributed by atoms with E-state index < -0.39 is 5.97 Å². The van der Waals surface area contributed by atoms with Gasteiger partial charge in [-0.1, -0.05) is 23.7 Å². The van der Waals surface area contributed by atoms with Crippen LogP contribution >= 0.6 is 11.6 Å². The first-order chi connectivity index (χ1) is 9.47. The molecule has 20 heavy (non-hydrogen) atoms. The fraction of sp³-hybridized carbons (Fsp3) is 0.133. The first kappa shape index (κ1) is 14.2. The lowest BCUT2D eigenvalue weighted by Gasteiger charge is -2.11. The Kier molecular flexibility index (Phi) is 4.15. The van der Waals surface area contributed by atoms with Gasteiger partial charge in [0.15, 0.2) is 0 Å². The van der Waals surface area contributed by atoms with Crippen molar-refractivity contribution in [2.45, 2.75) is 13.5 Å². The van der Waals surface area contributed by atoms with Crippen LogP contribution in [-0.4, -0.2) is 11.1 Å². The molecule has 0 amide bonds. The van der Waals surface area contributed by atoms with Crippen molar-refractivity contribution in [1.82, 2.24) is 0 Å². The highest BCUT2D eigenvalue weighted by molar-refractivity contribution is 6.31. The van der Waals surface area contributed by atoms with Crippen LogP contribution in [0.3, 0.4) is 0 Å². The van der Waals surface area contributed by atoms with Gasteiger partial charge in [0.2, 0.25) is 0 Å². The zero-order chi connectivity index (χ0) is 14.7. The number of anilines is 1. The Morgan fingerprint density at radius 1 is 1.30 bits per heavy atom. The lowest BCUT2D eigenvalue weighted by molar-refractivity contribution is 0.0697. The summed E-state index contributed by atoms with van der Waals surface area (Å²) < 4.78 is 5.58. The highest BCUT2D eigenvalue weighted by atomic mass is 35.5. The van der Waals surface area contributed by atoms with Gasteiger partial charge in [0.05, 0.1) is 11.3 Å². The molecule has 104 valence electrons. The third-order valence-electron chi connectivity index (χ3n) is 2.85. The van der Waals surface area contributed by atoms with Crippen LogP contribution in [0, 0.1) is 6.92 Å². The first-order valence-electron chi connectivity index (χ1n) is 5.98. The smallest absolute Gasteiger partial charge is 0.335 e. The number of hydrogen-bond donors (Lipinski definition) is 2. The van der Waals surface area contributed by atoms with Crippen molar-refractivity contribution >= 4 is 23.3 Å². The molecule has 2 rings (SSSR count).